The highest BCUT2D eigenvalue weighted by Crippen LogP contribution is 2.41. The van der Waals surface area contributed by atoms with Crippen LogP contribution in [0.5, 0.6) is 5.75 Å². The van der Waals surface area contributed by atoms with E-state index < -0.39 is 0 Å². The van der Waals surface area contributed by atoms with Crippen molar-refractivity contribution in [1.82, 2.24) is 4.90 Å². The third kappa shape index (κ3) is 4.51. The van der Waals surface area contributed by atoms with Gasteiger partial charge in [-0.3, -0.25) is 9.59 Å². The molecule has 3 atom stereocenters. The van der Waals surface area contributed by atoms with E-state index in [4.69, 9.17) is 4.74 Å². The van der Waals surface area contributed by atoms with E-state index in [0.717, 1.165) is 35.4 Å². The van der Waals surface area contributed by atoms with Gasteiger partial charge in [0.1, 0.15) is 5.75 Å². The van der Waals surface area contributed by atoms with Crippen molar-refractivity contribution in [3.63, 3.8) is 0 Å². The second kappa shape index (κ2) is 9.74. The summed E-state index contributed by atoms with van der Waals surface area (Å²) in [6, 6.07) is 15.2. The highest BCUT2D eigenvalue weighted by atomic mass is 16.5. The molecular weight excluding hydrogens is 404 g/mol. The van der Waals surface area contributed by atoms with E-state index in [1.165, 1.54) is 0 Å². The van der Waals surface area contributed by atoms with E-state index in [1.54, 1.807) is 12.0 Å². The summed E-state index contributed by atoms with van der Waals surface area (Å²) < 4.78 is 5.32. The number of aliphatic hydroxyl groups excluding tert-OH is 1. The van der Waals surface area contributed by atoms with Gasteiger partial charge in [0.15, 0.2) is 0 Å². The Kier molecular flexibility index (Phi) is 6.80. The molecule has 0 aromatic heterocycles. The van der Waals surface area contributed by atoms with Crippen LogP contribution in [-0.2, 0) is 9.59 Å². The fraction of sp³-hybridized carbons (Fsp3) is 0.462. The molecule has 0 bridgehead atoms. The smallest absolute Gasteiger partial charge is 0.228 e. The number of ether oxygens (including phenoxy) is 1. The van der Waals surface area contributed by atoms with Crippen LogP contribution in [-0.4, -0.2) is 48.6 Å². The molecule has 2 amide bonds. The van der Waals surface area contributed by atoms with E-state index in [2.05, 4.69) is 0 Å². The van der Waals surface area contributed by atoms with E-state index in [1.807, 2.05) is 60.4 Å². The monoisotopic (exact) mass is 436 g/mol. The number of aliphatic hydroxyl groups is 1. The van der Waals surface area contributed by atoms with Crippen LogP contribution in [0, 0.1) is 18.8 Å². The largest absolute Gasteiger partial charge is 0.497 e. The Hall–Kier alpha value is -2.86. The predicted molar refractivity (Wildman–Crippen MR) is 124 cm³/mol. The van der Waals surface area contributed by atoms with Crippen molar-refractivity contribution >= 4 is 17.5 Å². The maximum atomic E-state index is 13.7. The first-order valence-electron chi connectivity index (χ1n) is 11.4. The van der Waals surface area contributed by atoms with E-state index in [-0.39, 0.29) is 36.3 Å². The molecule has 2 heterocycles. The molecule has 170 valence electrons. The second-order valence-electron chi connectivity index (χ2n) is 8.94. The first kappa shape index (κ1) is 22.3. The van der Waals surface area contributed by atoms with E-state index >= 15 is 0 Å². The van der Waals surface area contributed by atoms with Crippen LogP contribution in [0.15, 0.2) is 48.5 Å². The van der Waals surface area contributed by atoms with Crippen LogP contribution in [0.1, 0.15) is 42.9 Å². The van der Waals surface area contributed by atoms with Gasteiger partial charge in [-0.2, -0.15) is 0 Å². The third-order valence-corrected chi connectivity index (χ3v) is 6.77. The summed E-state index contributed by atoms with van der Waals surface area (Å²) >= 11 is 0. The molecule has 32 heavy (non-hydrogen) atoms. The van der Waals surface area contributed by atoms with Crippen molar-refractivity contribution in [3.8, 4) is 5.75 Å². The third-order valence-electron chi connectivity index (χ3n) is 6.77. The minimum Gasteiger partial charge on any atom is -0.497 e. The van der Waals surface area contributed by atoms with Gasteiger partial charge in [-0.1, -0.05) is 29.8 Å². The SMILES string of the molecule is COc1ccc(C2C(C(=O)N3CCCC(CO)C3)CCC(=O)N2c2ccc(C)cc2)cc1. The number of anilines is 1. The van der Waals surface area contributed by atoms with Crippen molar-refractivity contribution in [3.05, 3.63) is 59.7 Å². The van der Waals surface area contributed by atoms with E-state index in [0.29, 0.717) is 25.9 Å². The lowest BCUT2D eigenvalue weighted by atomic mass is 9.82. The lowest BCUT2D eigenvalue weighted by Crippen LogP contribution is -2.51. The molecule has 2 fully saturated rings. The molecule has 2 saturated heterocycles. The summed E-state index contributed by atoms with van der Waals surface area (Å²) in [5.41, 5.74) is 2.86. The zero-order chi connectivity index (χ0) is 22.7. The first-order chi connectivity index (χ1) is 15.5. The molecule has 3 unspecified atom stereocenters. The van der Waals surface area contributed by atoms with Gasteiger partial charge in [0, 0.05) is 31.8 Å². The van der Waals surface area contributed by atoms with Gasteiger partial charge in [-0.15, -0.1) is 0 Å². The molecule has 2 aromatic rings. The van der Waals surface area contributed by atoms with Crippen molar-refractivity contribution in [2.45, 2.75) is 38.6 Å². The number of carbonyl (C=O) groups is 2. The molecule has 1 N–H and O–H groups in total. The number of carbonyl (C=O) groups excluding carboxylic acids is 2. The highest BCUT2D eigenvalue weighted by Gasteiger charge is 2.43. The quantitative estimate of drug-likeness (QED) is 0.776. The van der Waals surface area contributed by atoms with Crippen LogP contribution in [0.2, 0.25) is 0 Å². The Morgan fingerprint density at radius 2 is 1.81 bits per heavy atom. The predicted octanol–water partition coefficient (Wildman–Crippen LogP) is 3.72. The minimum atomic E-state index is -0.383. The summed E-state index contributed by atoms with van der Waals surface area (Å²) in [5.74, 6) is 0.645. The summed E-state index contributed by atoms with van der Waals surface area (Å²) in [6.07, 6.45) is 2.71. The van der Waals surface area contributed by atoms with E-state index in [9.17, 15) is 14.7 Å². The lowest BCUT2D eigenvalue weighted by Gasteiger charge is -2.43. The van der Waals surface area contributed by atoms with Gasteiger partial charge < -0.3 is 19.6 Å². The molecule has 0 aliphatic carbocycles. The van der Waals surface area contributed by atoms with Gasteiger partial charge in [0.25, 0.3) is 0 Å². The standard InChI is InChI=1S/C26H32N2O4/c1-18-5-9-21(10-6-18)28-24(30)14-13-23(25(28)20-7-11-22(32-2)12-8-20)26(31)27-15-3-4-19(16-27)17-29/h5-12,19,23,25,29H,3-4,13-17H2,1-2H3. The molecule has 0 saturated carbocycles. The number of nitrogens with zero attached hydrogens (tertiary/aromatic N) is 2. The summed E-state index contributed by atoms with van der Waals surface area (Å²) in [6.45, 7) is 3.41. The van der Waals surface area contributed by atoms with Crippen molar-refractivity contribution in [1.29, 1.82) is 0 Å². The highest BCUT2D eigenvalue weighted by molar-refractivity contribution is 5.97. The minimum absolute atomic E-state index is 0.0330. The Balaban J connectivity index is 1.72. The molecule has 4 rings (SSSR count). The molecule has 6 nitrogen and oxygen atoms in total. The molecule has 6 heteroatoms. The molecule has 2 aromatic carbocycles. The normalized spacial score (nSPS) is 23.8. The first-order valence-corrected chi connectivity index (χ1v) is 11.4. The number of rotatable bonds is 5. The maximum absolute atomic E-state index is 13.7. The van der Waals surface area contributed by atoms with Crippen molar-refractivity contribution in [2.75, 3.05) is 31.7 Å². The number of likely N-dealkylation sites (tertiary alicyclic amines) is 1. The summed E-state index contributed by atoms with van der Waals surface area (Å²) in [4.78, 5) is 30.6. The number of hydrogen-bond donors (Lipinski definition) is 1. The topological polar surface area (TPSA) is 70.1 Å². The number of methoxy groups -OCH3 is 1. The van der Waals surface area contributed by atoms with Crippen molar-refractivity contribution < 1.29 is 19.4 Å². The Morgan fingerprint density at radius 3 is 2.47 bits per heavy atom. The number of hydrogen-bond acceptors (Lipinski definition) is 4. The van der Waals surface area contributed by atoms with Gasteiger partial charge in [-0.05, 0) is 61.9 Å². The van der Waals surface area contributed by atoms with Gasteiger partial charge in [-0.25, -0.2) is 0 Å². The average molecular weight is 437 g/mol. The number of benzene rings is 2. The van der Waals surface area contributed by atoms with Crippen LogP contribution in [0.3, 0.4) is 0 Å². The summed E-state index contributed by atoms with van der Waals surface area (Å²) in [7, 11) is 1.62. The van der Waals surface area contributed by atoms with Crippen LogP contribution >= 0.6 is 0 Å². The number of aryl methyl sites for hydroxylation is 1. The van der Waals surface area contributed by atoms with Gasteiger partial charge in [0.05, 0.1) is 19.1 Å². The molecule has 2 aliphatic rings. The number of piperidine rings is 2. The number of amides is 2. The van der Waals surface area contributed by atoms with Crippen LogP contribution < -0.4 is 9.64 Å². The Bertz CT molecular complexity index is 941. The Morgan fingerprint density at radius 1 is 1.09 bits per heavy atom. The molecule has 2 aliphatic heterocycles. The Labute approximate surface area is 189 Å². The molecule has 0 spiro atoms. The zero-order valence-corrected chi connectivity index (χ0v) is 18.9. The molecular formula is C26H32N2O4. The van der Waals surface area contributed by atoms with Crippen LogP contribution in [0.4, 0.5) is 5.69 Å². The zero-order valence-electron chi connectivity index (χ0n) is 18.9. The van der Waals surface area contributed by atoms with Crippen molar-refractivity contribution in [2.24, 2.45) is 11.8 Å². The lowest BCUT2D eigenvalue weighted by molar-refractivity contribution is -0.140. The fourth-order valence-electron chi connectivity index (χ4n) is 4.99. The molecule has 0 radical (unpaired) electrons. The summed E-state index contributed by atoms with van der Waals surface area (Å²) in [5, 5.41) is 9.63. The maximum Gasteiger partial charge on any atom is 0.228 e. The fourth-order valence-corrected chi connectivity index (χ4v) is 4.99. The second-order valence-corrected chi connectivity index (χ2v) is 8.94. The van der Waals surface area contributed by atoms with Gasteiger partial charge >= 0.3 is 0 Å². The average Bonchev–Trinajstić information content (AvgIpc) is 2.84. The van der Waals surface area contributed by atoms with Gasteiger partial charge in [0.2, 0.25) is 11.8 Å². The van der Waals surface area contributed by atoms with Crippen LogP contribution in [0.25, 0.3) is 0 Å².